The van der Waals surface area contributed by atoms with Crippen molar-refractivity contribution < 1.29 is 36.3 Å². The van der Waals surface area contributed by atoms with E-state index < -0.39 is 22.2 Å². The molecule has 12 heteroatoms. The van der Waals surface area contributed by atoms with Gasteiger partial charge in [0.25, 0.3) is 0 Å². The third-order valence-corrected chi connectivity index (χ3v) is 10.1. The molecule has 1 heterocycles. The van der Waals surface area contributed by atoms with Crippen molar-refractivity contribution in [3.63, 3.8) is 0 Å². The highest BCUT2D eigenvalue weighted by atomic mass is 32.2. The molecule has 0 spiro atoms. The fourth-order valence-electron chi connectivity index (χ4n) is 6.56. The average molecular weight is 610 g/mol. The Hall–Kier alpha value is -2.96. The zero-order valence-corrected chi connectivity index (χ0v) is 24.3. The number of piperidine rings is 1. The van der Waals surface area contributed by atoms with Crippen LogP contribution in [0.1, 0.15) is 55.6 Å². The molecular formula is C30H38F3N3O5S. The second-order valence-electron chi connectivity index (χ2n) is 11.5. The van der Waals surface area contributed by atoms with E-state index in [9.17, 15) is 26.4 Å². The number of alkyl halides is 3. The fourth-order valence-corrected chi connectivity index (χ4v) is 7.81. The smallest absolute Gasteiger partial charge is 0.475 e. The van der Waals surface area contributed by atoms with Crippen LogP contribution in [-0.2, 0) is 19.6 Å². The number of aryl methyl sites for hydroxylation is 1. The van der Waals surface area contributed by atoms with Crippen LogP contribution in [0, 0.1) is 24.7 Å². The summed E-state index contributed by atoms with van der Waals surface area (Å²) >= 11 is 0. The molecule has 8 nitrogen and oxygen atoms in total. The van der Waals surface area contributed by atoms with Crippen molar-refractivity contribution >= 4 is 21.9 Å². The Kier molecular flexibility index (Phi) is 10.3. The first-order valence-corrected chi connectivity index (χ1v) is 15.8. The number of carbonyl (C=O) groups excluding carboxylic acids is 1. The molecule has 2 saturated carbocycles. The molecule has 6 atom stereocenters. The number of nitrogens with one attached hydrogen (secondary N) is 3. The Morgan fingerprint density at radius 2 is 1.62 bits per heavy atom. The Morgan fingerprint density at radius 1 is 0.952 bits per heavy atom. The molecule has 5 rings (SSSR count). The van der Waals surface area contributed by atoms with Gasteiger partial charge in [-0.1, -0.05) is 54.4 Å². The van der Waals surface area contributed by atoms with Crippen LogP contribution < -0.4 is 15.4 Å². The molecule has 1 aliphatic heterocycles. The number of halogens is 3. The van der Waals surface area contributed by atoms with E-state index in [-0.39, 0.29) is 28.8 Å². The quantitative estimate of drug-likeness (QED) is 0.386. The van der Waals surface area contributed by atoms with Gasteiger partial charge < -0.3 is 15.7 Å². The van der Waals surface area contributed by atoms with E-state index in [0.29, 0.717) is 37.3 Å². The molecule has 2 aromatic carbocycles. The van der Waals surface area contributed by atoms with E-state index in [1.165, 1.54) is 24.8 Å². The minimum atomic E-state index is -5.08. The standard InChI is InChI=1S/C28H37N3O3S.C2HF3O2/c1-19-10-13-24(14-11-19)35(33,34)31-23-16-22(17-29-18-23)28(32)30-27-21-8-5-9-26(27)25(15-12-21)20-6-3-2-4-7-20;3-2(4,5)1(6)7/h2-4,6-7,10-11,13-14,21-23,25-27,29,31H,5,8-9,12,15-18H2,1H3,(H,30,32);(H,6,7)/t21?,22-,23+,25?,26?,27?;/m0./s1. The monoisotopic (exact) mass is 609 g/mol. The maximum Gasteiger partial charge on any atom is 0.490 e. The summed E-state index contributed by atoms with van der Waals surface area (Å²) in [6.07, 6.45) is 1.35. The van der Waals surface area contributed by atoms with Crippen molar-refractivity contribution in [3.05, 3.63) is 65.7 Å². The van der Waals surface area contributed by atoms with E-state index in [1.807, 2.05) is 6.92 Å². The van der Waals surface area contributed by atoms with Crippen LogP contribution >= 0.6 is 0 Å². The Bertz CT molecular complexity index is 1320. The second-order valence-corrected chi connectivity index (χ2v) is 13.2. The predicted octanol–water partition coefficient (Wildman–Crippen LogP) is 4.36. The number of hydrogen-bond acceptors (Lipinski definition) is 5. The first-order chi connectivity index (χ1) is 19.8. The number of carboxylic acid groups (broad SMARTS) is 1. The summed E-state index contributed by atoms with van der Waals surface area (Å²) in [4.78, 5) is 22.6. The van der Waals surface area contributed by atoms with Crippen molar-refractivity contribution in [3.8, 4) is 0 Å². The van der Waals surface area contributed by atoms with Crippen LogP contribution in [0.2, 0.25) is 0 Å². The Labute approximate surface area is 244 Å². The van der Waals surface area contributed by atoms with Crippen LogP contribution in [0.4, 0.5) is 13.2 Å². The molecular weight excluding hydrogens is 571 g/mol. The Balaban J connectivity index is 0.000000517. The third-order valence-electron chi connectivity index (χ3n) is 8.60. The van der Waals surface area contributed by atoms with Gasteiger partial charge in [0.05, 0.1) is 10.8 Å². The summed E-state index contributed by atoms with van der Waals surface area (Å²) in [6.45, 7) is 3.04. The minimum absolute atomic E-state index is 0.0624. The maximum atomic E-state index is 13.4. The average Bonchev–Trinajstić information content (AvgIpc) is 2.93. The third kappa shape index (κ3) is 8.11. The normalized spacial score (nSPS) is 27.7. The molecule has 42 heavy (non-hydrogen) atoms. The molecule has 230 valence electrons. The van der Waals surface area contributed by atoms with Gasteiger partial charge in [-0.15, -0.1) is 0 Å². The molecule has 1 amide bonds. The summed E-state index contributed by atoms with van der Waals surface area (Å²) in [5.41, 5.74) is 2.41. The molecule has 0 aromatic heterocycles. The summed E-state index contributed by atoms with van der Waals surface area (Å²) in [5, 5.41) is 13.9. The van der Waals surface area contributed by atoms with Crippen molar-refractivity contribution in [2.45, 2.75) is 74.5 Å². The molecule has 2 aromatic rings. The minimum Gasteiger partial charge on any atom is -0.475 e. The van der Waals surface area contributed by atoms with Gasteiger partial charge in [-0.2, -0.15) is 13.2 Å². The van der Waals surface area contributed by atoms with Gasteiger partial charge in [0.2, 0.25) is 15.9 Å². The predicted molar refractivity (Wildman–Crippen MR) is 151 cm³/mol. The maximum absolute atomic E-state index is 13.4. The summed E-state index contributed by atoms with van der Waals surface area (Å²) < 4.78 is 60.3. The van der Waals surface area contributed by atoms with E-state index in [1.54, 1.807) is 24.3 Å². The highest BCUT2D eigenvalue weighted by Crippen LogP contribution is 2.47. The van der Waals surface area contributed by atoms with Crippen LogP contribution in [0.25, 0.3) is 0 Å². The van der Waals surface area contributed by atoms with Crippen LogP contribution in [-0.4, -0.2) is 56.8 Å². The Morgan fingerprint density at radius 3 is 2.26 bits per heavy atom. The number of fused-ring (bicyclic) bond motifs is 2. The zero-order valence-electron chi connectivity index (χ0n) is 23.4. The first-order valence-electron chi connectivity index (χ1n) is 14.3. The van der Waals surface area contributed by atoms with E-state index in [2.05, 4.69) is 45.7 Å². The van der Waals surface area contributed by atoms with Gasteiger partial charge in [-0.25, -0.2) is 17.9 Å². The summed E-state index contributed by atoms with van der Waals surface area (Å²) in [7, 11) is -3.62. The van der Waals surface area contributed by atoms with E-state index in [4.69, 9.17) is 9.90 Å². The number of benzene rings is 2. The number of aliphatic carboxylic acids is 1. The number of carboxylic acids is 1. The lowest BCUT2D eigenvalue weighted by Crippen LogP contribution is -2.56. The number of sulfonamides is 1. The molecule has 2 bridgehead atoms. The highest BCUT2D eigenvalue weighted by Gasteiger charge is 2.44. The van der Waals surface area contributed by atoms with Crippen molar-refractivity contribution in [1.29, 1.82) is 0 Å². The van der Waals surface area contributed by atoms with Crippen LogP contribution in [0.5, 0.6) is 0 Å². The first kappa shape index (κ1) is 32.0. The van der Waals surface area contributed by atoms with Gasteiger partial charge in [-0.3, -0.25) is 4.79 Å². The molecule has 4 N–H and O–H groups in total. The molecule has 4 unspecified atom stereocenters. The lowest BCUT2D eigenvalue weighted by Gasteiger charge is -2.48. The van der Waals surface area contributed by atoms with Crippen LogP contribution in [0.3, 0.4) is 0 Å². The van der Waals surface area contributed by atoms with Crippen molar-refractivity contribution in [1.82, 2.24) is 15.4 Å². The van der Waals surface area contributed by atoms with Gasteiger partial charge >= 0.3 is 12.1 Å². The van der Waals surface area contributed by atoms with Crippen molar-refractivity contribution in [2.75, 3.05) is 13.1 Å². The van der Waals surface area contributed by atoms with Crippen molar-refractivity contribution in [2.24, 2.45) is 17.8 Å². The second kappa shape index (κ2) is 13.6. The fraction of sp³-hybridized carbons (Fsp3) is 0.533. The largest absolute Gasteiger partial charge is 0.490 e. The molecule has 2 aliphatic carbocycles. The molecule has 3 fully saturated rings. The van der Waals surface area contributed by atoms with Gasteiger partial charge in [0, 0.05) is 25.2 Å². The zero-order chi connectivity index (χ0) is 30.5. The molecule has 3 aliphatic rings. The van der Waals surface area contributed by atoms with E-state index in [0.717, 1.165) is 18.4 Å². The summed E-state index contributed by atoms with van der Waals surface area (Å²) in [5.74, 6) is -1.42. The SMILES string of the molecule is Cc1ccc(S(=O)(=O)N[C@H]2CNC[C@@H](C(=O)NC3C4CCCC3C(c3ccccc3)CC4)C2)cc1.O=C(O)C(F)(F)F. The topological polar surface area (TPSA) is 125 Å². The molecule has 1 saturated heterocycles. The lowest BCUT2D eigenvalue weighted by molar-refractivity contribution is -0.192. The number of hydrogen-bond donors (Lipinski definition) is 4. The number of rotatable bonds is 6. The molecule has 0 radical (unpaired) electrons. The van der Waals surface area contributed by atoms with Gasteiger partial charge in [-0.05, 0) is 74.5 Å². The summed E-state index contributed by atoms with van der Waals surface area (Å²) in [6, 6.07) is 17.5. The number of carbonyl (C=O) groups is 2. The van der Waals surface area contributed by atoms with Crippen LogP contribution in [0.15, 0.2) is 59.5 Å². The van der Waals surface area contributed by atoms with Gasteiger partial charge in [0.1, 0.15) is 0 Å². The van der Waals surface area contributed by atoms with Gasteiger partial charge in [0.15, 0.2) is 0 Å². The lowest BCUT2D eigenvalue weighted by atomic mass is 9.62. The van der Waals surface area contributed by atoms with E-state index >= 15 is 0 Å². The highest BCUT2D eigenvalue weighted by molar-refractivity contribution is 7.89. The number of amides is 1.